The number of aromatic nitrogens is 1. The van der Waals surface area contributed by atoms with Gasteiger partial charge in [-0.2, -0.15) is 4.72 Å². The van der Waals surface area contributed by atoms with E-state index in [4.69, 9.17) is 11.1 Å². The standard InChI is InChI=1S/C26H32N6O5S/c1-16-6-10-32(23(11-16)26(34)35)25(33)22(13-17-5-8-29-21(12-17)24(27)28)30-38(36,37)20-4-3-18-7-9-31(2)15-19(18)14-20/h3-6,8,12,14,22-23,30H,7,9-11,13,15H2,1-2H3,(H3,27,28)(H,34,35)/t22-,23?/m0/s1. The normalized spacial score (nSPS) is 18.8. The van der Waals surface area contributed by atoms with E-state index in [9.17, 15) is 23.1 Å². The van der Waals surface area contributed by atoms with Gasteiger partial charge in [-0.15, -0.1) is 0 Å². The number of nitrogens with one attached hydrogen (secondary N) is 2. The van der Waals surface area contributed by atoms with Crippen LogP contribution in [0.5, 0.6) is 0 Å². The number of carbonyl (C=O) groups is 2. The minimum atomic E-state index is -4.15. The molecule has 1 aromatic carbocycles. The van der Waals surface area contributed by atoms with Crippen molar-refractivity contribution in [3.63, 3.8) is 0 Å². The van der Waals surface area contributed by atoms with Gasteiger partial charge < -0.3 is 20.6 Å². The second-order valence-corrected chi connectivity index (χ2v) is 11.6. The number of carboxylic acid groups (broad SMARTS) is 1. The van der Waals surface area contributed by atoms with Crippen molar-refractivity contribution in [1.29, 1.82) is 5.41 Å². The minimum Gasteiger partial charge on any atom is -0.480 e. The van der Waals surface area contributed by atoms with Gasteiger partial charge in [0.15, 0.2) is 0 Å². The number of nitrogens with zero attached hydrogens (tertiary/aromatic N) is 3. The monoisotopic (exact) mass is 540 g/mol. The van der Waals surface area contributed by atoms with Crippen LogP contribution in [0.3, 0.4) is 0 Å². The molecule has 0 aliphatic carbocycles. The molecular weight excluding hydrogens is 508 g/mol. The molecule has 2 aliphatic rings. The Hall–Kier alpha value is -3.61. The first-order chi connectivity index (χ1) is 17.9. The smallest absolute Gasteiger partial charge is 0.326 e. The largest absolute Gasteiger partial charge is 0.480 e. The highest BCUT2D eigenvalue weighted by Gasteiger charge is 2.37. The molecule has 0 spiro atoms. The van der Waals surface area contributed by atoms with Gasteiger partial charge >= 0.3 is 5.97 Å². The highest BCUT2D eigenvalue weighted by molar-refractivity contribution is 7.89. The Balaban J connectivity index is 1.68. The van der Waals surface area contributed by atoms with Crippen molar-refractivity contribution < 1.29 is 23.1 Å². The highest BCUT2D eigenvalue weighted by Crippen LogP contribution is 2.24. The van der Waals surface area contributed by atoms with Crippen LogP contribution in [0.25, 0.3) is 0 Å². The molecule has 1 aromatic heterocycles. The molecule has 0 radical (unpaired) electrons. The molecule has 12 heteroatoms. The van der Waals surface area contributed by atoms with Gasteiger partial charge in [0.1, 0.15) is 23.6 Å². The van der Waals surface area contributed by atoms with Crippen LogP contribution in [-0.2, 0) is 39.0 Å². The first-order valence-corrected chi connectivity index (χ1v) is 13.7. The van der Waals surface area contributed by atoms with Crippen LogP contribution < -0.4 is 10.5 Å². The zero-order valence-corrected chi connectivity index (χ0v) is 22.2. The number of fused-ring (bicyclic) bond motifs is 1. The van der Waals surface area contributed by atoms with E-state index in [1.54, 1.807) is 31.2 Å². The summed E-state index contributed by atoms with van der Waals surface area (Å²) in [5.74, 6) is -2.07. The molecule has 2 aliphatic heterocycles. The quantitative estimate of drug-likeness (QED) is 0.217. The third-order valence-corrected chi connectivity index (χ3v) is 8.39. The summed E-state index contributed by atoms with van der Waals surface area (Å²) in [6.07, 6.45) is 4.08. The molecule has 0 bridgehead atoms. The van der Waals surface area contributed by atoms with Gasteiger partial charge in [0.25, 0.3) is 0 Å². The molecule has 2 atom stereocenters. The molecular formula is C26H32N6O5S. The van der Waals surface area contributed by atoms with Crippen molar-refractivity contribution in [3.05, 3.63) is 70.6 Å². The summed E-state index contributed by atoms with van der Waals surface area (Å²) in [4.78, 5) is 33.1. The van der Waals surface area contributed by atoms with E-state index in [1.807, 2.05) is 7.05 Å². The second-order valence-electron chi connectivity index (χ2n) is 9.86. The lowest BCUT2D eigenvalue weighted by atomic mass is 9.99. The molecule has 4 rings (SSSR count). The number of carbonyl (C=O) groups excluding carboxylic acids is 1. The number of aliphatic carboxylic acids is 1. The van der Waals surface area contributed by atoms with Crippen LogP contribution in [0.2, 0.25) is 0 Å². The summed E-state index contributed by atoms with van der Waals surface area (Å²) in [5.41, 5.74) is 9.11. The van der Waals surface area contributed by atoms with Crippen molar-refractivity contribution in [1.82, 2.24) is 19.5 Å². The Bertz CT molecular complexity index is 1410. The molecule has 0 saturated heterocycles. The lowest BCUT2D eigenvalue weighted by Gasteiger charge is -2.34. The van der Waals surface area contributed by atoms with Crippen LogP contribution in [0, 0.1) is 5.41 Å². The predicted molar refractivity (Wildman–Crippen MR) is 141 cm³/mol. The average molecular weight is 541 g/mol. The van der Waals surface area contributed by atoms with Gasteiger partial charge in [0.05, 0.1) is 4.90 Å². The number of amidine groups is 1. The third-order valence-electron chi connectivity index (χ3n) is 6.92. The fourth-order valence-electron chi connectivity index (χ4n) is 4.80. The van der Waals surface area contributed by atoms with E-state index in [-0.39, 0.29) is 35.8 Å². The van der Waals surface area contributed by atoms with Crippen LogP contribution >= 0.6 is 0 Å². The van der Waals surface area contributed by atoms with Gasteiger partial charge in [-0.05, 0) is 74.2 Å². The van der Waals surface area contributed by atoms with E-state index >= 15 is 0 Å². The topological polar surface area (TPSA) is 170 Å². The molecule has 1 unspecified atom stereocenters. The van der Waals surface area contributed by atoms with Gasteiger partial charge in [-0.3, -0.25) is 15.2 Å². The van der Waals surface area contributed by atoms with Crippen LogP contribution in [-0.4, -0.2) is 78.2 Å². The molecule has 11 nitrogen and oxygen atoms in total. The summed E-state index contributed by atoms with van der Waals surface area (Å²) >= 11 is 0. The summed E-state index contributed by atoms with van der Waals surface area (Å²) < 4.78 is 29.6. The SMILES string of the molecule is CC1=CCN(C(=O)[C@H](Cc2ccnc(C(=N)N)c2)NS(=O)(=O)c2ccc3c(c2)CN(C)CC3)C(C(=O)O)C1. The van der Waals surface area contributed by atoms with E-state index in [2.05, 4.69) is 14.6 Å². The van der Waals surface area contributed by atoms with E-state index in [0.717, 1.165) is 29.7 Å². The van der Waals surface area contributed by atoms with E-state index in [1.165, 1.54) is 23.2 Å². The maximum absolute atomic E-state index is 13.7. The molecule has 2 aromatic rings. The first-order valence-electron chi connectivity index (χ1n) is 12.3. The molecule has 5 N–H and O–H groups in total. The number of benzene rings is 1. The molecule has 3 heterocycles. The van der Waals surface area contributed by atoms with Crippen LogP contribution in [0.15, 0.2) is 53.1 Å². The molecule has 1 amide bonds. The molecule has 0 fully saturated rings. The fourth-order valence-corrected chi connectivity index (χ4v) is 6.04. The number of hydrogen-bond acceptors (Lipinski definition) is 7. The summed E-state index contributed by atoms with van der Waals surface area (Å²) in [6, 6.07) is 5.67. The summed E-state index contributed by atoms with van der Waals surface area (Å²) in [7, 11) is -2.18. The summed E-state index contributed by atoms with van der Waals surface area (Å²) in [6.45, 7) is 3.36. The summed E-state index contributed by atoms with van der Waals surface area (Å²) in [5, 5.41) is 17.4. The first kappa shape index (κ1) is 27.4. The number of amides is 1. The Labute approximate surface area is 221 Å². The molecule has 38 heavy (non-hydrogen) atoms. The zero-order valence-electron chi connectivity index (χ0n) is 21.3. The molecule has 202 valence electrons. The number of carboxylic acids is 1. The predicted octanol–water partition coefficient (Wildman–Crippen LogP) is 0.875. The average Bonchev–Trinajstić information content (AvgIpc) is 2.87. The minimum absolute atomic E-state index is 0.0349. The fraction of sp³-hybridized carbons (Fsp3) is 0.385. The van der Waals surface area contributed by atoms with Crippen molar-refractivity contribution in [3.8, 4) is 0 Å². The lowest BCUT2D eigenvalue weighted by molar-refractivity contribution is -0.150. The van der Waals surface area contributed by atoms with E-state index < -0.39 is 34.0 Å². The van der Waals surface area contributed by atoms with Gasteiger partial charge in [0, 0.05) is 25.8 Å². The Morgan fingerprint density at radius 3 is 2.74 bits per heavy atom. The maximum atomic E-state index is 13.7. The van der Waals surface area contributed by atoms with Crippen LogP contribution in [0.4, 0.5) is 0 Å². The highest BCUT2D eigenvalue weighted by atomic mass is 32.2. The Kier molecular flexibility index (Phi) is 7.95. The lowest BCUT2D eigenvalue weighted by Crippen LogP contribution is -2.55. The Morgan fingerprint density at radius 1 is 1.26 bits per heavy atom. The van der Waals surface area contributed by atoms with Gasteiger partial charge in [0.2, 0.25) is 15.9 Å². The number of hydrogen-bond donors (Lipinski definition) is 4. The van der Waals surface area contributed by atoms with E-state index in [0.29, 0.717) is 12.1 Å². The second kappa shape index (κ2) is 11.0. The number of nitrogens with two attached hydrogens (primary N) is 1. The number of sulfonamides is 1. The third kappa shape index (κ3) is 6.09. The Morgan fingerprint density at radius 2 is 2.03 bits per heavy atom. The zero-order chi connectivity index (χ0) is 27.6. The van der Waals surface area contributed by atoms with Crippen LogP contribution in [0.1, 0.15) is 35.7 Å². The van der Waals surface area contributed by atoms with Crippen molar-refractivity contribution in [2.75, 3.05) is 20.1 Å². The van der Waals surface area contributed by atoms with Crippen molar-refractivity contribution in [2.45, 2.75) is 49.7 Å². The van der Waals surface area contributed by atoms with Gasteiger partial charge in [-0.1, -0.05) is 17.7 Å². The number of nitrogen functional groups attached to an aromatic ring is 1. The number of pyridine rings is 1. The van der Waals surface area contributed by atoms with Crippen molar-refractivity contribution in [2.24, 2.45) is 5.73 Å². The number of likely N-dealkylation sites (N-methyl/N-ethyl adjacent to an activating group) is 1. The number of rotatable bonds is 8. The maximum Gasteiger partial charge on any atom is 0.326 e. The van der Waals surface area contributed by atoms with Crippen molar-refractivity contribution >= 4 is 27.7 Å². The van der Waals surface area contributed by atoms with Gasteiger partial charge in [-0.25, -0.2) is 13.2 Å². The molecule has 0 saturated carbocycles.